The predicted octanol–water partition coefficient (Wildman–Crippen LogP) is 3.89. The van der Waals surface area contributed by atoms with E-state index in [2.05, 4.69) is 9.97 Å². The van der Waals surface area contributed by atoms with Gasteiger partial charge in [-0.1, -0.05) is 23.7 Å². The molecule has 4 heteroatoms. The lowest BCUT2D eigenvalue weighted by atomic mass is 10.1. The van der Waals surface area contributed by atoms with E-state index in [-0.39, 0.29) is 5.38 Å². The van der Waals surface area contributed by atoms with Crippen LogP contribution < -0.4 is 0 Å². The molecule has 0 aliphatic rings. The van der Waals surface area contributed by atoms with Crippen molar-refractivity contribution >= 4 is 23.2 Å². The quantitative estimate of drug-likeness (QED) is 0.828. The summed E-state index contributed by atoms with van der Waals surface area (Å²) in [5.41, 5.74) is 2.08. The predicted molar refractivity (Wildman–Crippen MR) is 67.1 cm³/mol. The number of halogens is 2. The molecule has 0 aliphatic carbocycles. The largest absolute Gasteiger partial charge is 0.349 e. The molecule has 1 atom stereocenters. The standard InChI is InChI=1S/C12H12Cl2N2/c1-8-2-3-9(6-10(8)13)11(14)7-12-15-4-5-16-12/h2-6,11H,7H2,1H3,(H,15,16). The number of imidazole rings is 1. The molecule has 0 fully saturated rings. The van der Waals surface area contributed by atoms with Crippen LogP contribution in [0.1, 0.15) is 22.3 Å². The third-order valence-corrected chi connectivity index (χ3v) is 3.30. The van der Waals surface area contributed by atoms with Crippen LogP contribution in [-0.2, 0) is 6.42 Å². The lowest BCUT2D eigenvalue weighted by Gasteiger charge is -2.09. The van der Waals surface area contributed by atoms with Gasteiger partial charge in [0.1, 0.15) is 5.82 Å². The van der Waals surface area contributed by atoms with E-state index in [1.165, 1.54) is 0 Å². The van der Waals surface area contributed by atoms with Crippen molar-refractivity contribution in [1.82, 2.24) is 9.97 Å². The Bertz CT molecular complexity index is 466. The van der Waals surface area contributed by atoms with Gasteiger partial charge in [0, 0.05) is 23.8 Å². The van der Waals surface area contributed by atoms with Crippen LogP contribution in [0.15, 0.2) is 30.6 Å². The van der Waals surface area contributed by atoms with E-state index in [0.29, 0.717) is 6.42 Å². The molecule has 2 nitrogen and oxygen atoms in total. The molecule has 0 bridgehead atoms. The van der Waals surface area contributed by atoms with Crippen molar-refractivity contribution in [3.8, 4) is 0 Å². The summed E-state index contributed by atoms with van der Waals surface area (Å²) < 4.78 is 0. The summed E-state index contributed by atoms with van der Waals surface area (Å²) >= 11 is 12.4. The maximum absolute atomic E-state index is 6.30. The number of rotatable bonds is 3. The fourth-order valence-corrected chi connectivity index (χ4v) is 1.97. The van der Waals surface area contributed by atoms with Crippen LogP contribution in [0, 0.1) is 6.92 Å². The first-order valence-electron chi connectivity index (χ1n) is 5.05. The van der Waals surface area contributed by atoms with Gasteiger partial charge in [-0.05, 0) is 24.1 Å². The molecule has 84 valence electrons. The molecule has 1 N–H and O–H groups in total. The van der Waals surface area contributed by atoms with Gasteiger partial charge in [0.05, 0.1) is 5.38 Å². The molecule has 2 aromatic rings. The number of aromatic nitrogens is 2. The van der Waals surface area contributed by atoms with E-state index in [0.717, 1.165) is 22.0 Å². The van der Waals surface area contributed by atoms with Crippen LogP contribution in [0.3, 0.4) is 0 Å². The Hall–Kier alpha value is -0.990. The van der Waals surface area contributed by atoms with Gasteiger partial charge in [-0.25, -0.2) is 4.98 Å². The van der Waals surface area contributed by atoms with Crippen LogP contribution in [0.4, 0.5) is 0 Å². The van der Waals surface area contributed by atoms with Gasteiger partial charge in [-0.2, -0.15) is 0 Å². The SMILES string of the molecule is Cc1ccc(C(Cl)Cc2ncc[nH]2)cc1Cl. The lowest BCUT2D eigenvalue weighted by Crippen LogP contribution is -1.98. The van der Waals surface area contributed by atoms with E-state index >= 15 is 0 Å². The van der Waals surface area contributed by atoms with E-state index in [9.17, 15) is 0 Å². The van der Waals surface area contributed by atoms with Crippen molar-refractivity contribution in [2.75, 3.05) is 0 Å². The molecular weight excluding hydrogens is 243 g/mol. The topological polar surface area (TPSA) is 28.7 Å². The number of alkyl halides is 1. The Morgan fingerprint density at radius 3 is 2.88 bits per heavy atom. The van der Waals surface area contributed by atoms with Gasteiger partial charge in [0.2, 0.25) is 0 Å². The first-order valence-corrected chi connectivity index (χ1v) is 5.86. The van der Waals surface area contributed by atoms with Crippen molar-refractivity contribution in [3.63, 3.8) is 0 Å². The smallest absolute Gasteiger partial charge is 0.107 e. The zero-order valence-electron chi connectivity index (χ0n) is 8.87. The van der Waals surface area contributed by atoms with Gasteiger partial charge in [0.15, 0.2) is 0 Å². The van der Waals surface area contributed by atoms with Gasteiger partial charge >= 0.3 is 0 Å². The van der Waals surface area contributed by atoms with E-state index in [4.69, 9.17) is 23.2 Å². The summed E-state index contributed by atoms with van der Waals surface area (Å²) in [6.45, 7) is 1.97. The summed E-state index contributed by atoms with van der Waals surface area (Å²) in [6.07, 6.45) is 4.19. The van der Waals surface area contributed by atoms with Crippen LogP contribution in [0.25, 0.3) is 0 Å². The number of aromatic amines is 1. The first-order chi connectivity index (χ1) is 7.66. The Balaban J connectivity index is 2.14. The van der Waals surface area contributed by atoms with E-state index in [1.54, 1.807) is 12.4 Å². The summed E-state index contributed by atoms with van der Waals surface area (Å²) in [5, 5.41) is 0.645. The minimum absolute atomic E-state index is 0.107. The van der Waals surface area contributed by atoms with Gasteiger partial charge in [-0.15, -0.1) is 11.6 Å². The number of hydrogen-bond acceptors (Lipinski definition) is 1. The van der Waals surface area contributed by atoms with Crippen LogP contribution in [-0.4, -0.2) is 9.97 Å². The zero-order valence-corrected chi connectivity index (χ0v) is 10.4. The fraction of sp³-hybridized carbons (Fsp3) is 0.250. The molecule has 0 saturated carbocycles. The monoisotopic (exact) mass is 254 g/mol. The van der Waals surface area contributed by atoms with Crippen LogP contribution in [0.5, 0.6) is 0 Å². The molecule has 0 amide bonds. The van der Waals surface area contributed by atoms with E-state index in [1.807, 2.05) is 25.1 Å². The highest BCUT2D eigenvalue weighted by Gasteiger charge is 2.11. The number of nitrogens with one attached hydrogen (secondary N) is 1. The Labute approximate surface area is 105 Å². The molecule has 1 heterocycles. The van der Waals surface area contributed by atoms with Crippen molar-refractivity contribution in [1.29, 1.82) is 0 Å². The second kappa shape index (κ2) is 4.89. The third kappa shape index (κ3) is 2.57. The second-order valence-corrected chi connectivity index (χ2v) is 4.65. The number of H-pyrrole nitrogens is 1. The fourth-order valence-electron chi connectivity index (χ4n) is 1.50. The van der Waals surface area contributed by atoms with Crippen LogP contribution >= 0.6 is 23.2 Å². The van der Waals surface area contributed by atoms with E-state index < -0.39 is 0 Å². The number of aryl methyl sites for hydroxylation is 1. The lowest BCUT2D eigenvalue weighted by molar-refractivity contribution is 0.855. The normalized spacial score (nSPS) is 12.7. The summed E-state index contributed by atoms with van der Waals surface area (Å²) in [6, 6.07) is 5.90. The number of benzene rings is 1. The first kappa shape index (κ1) is 11.5. The minimum Gasteiger partial charge on any atom is -0.349 e. The van der Waals surface area contributed by atoms with Crippen LogP contribution in [0.2, 0.25) is 5.02 Å². The third-order valence-electron chi connectivity index (χ3n) is 2.48. The highest BCUT2D eigenvalue weighted by molar-refractivity contribution is 6.31. The molecule has 1 unspecified atom stereocenters. The molecule has 0 saturated heterocycles. The van der Waals surface area contributed by atoms with Crippen molar-refractivity contribution < 1.29 is 0 Å². The van der Waals surface area contributed by atoms with Gasteiger partial charge < -0.3 is 4.98 Å². The minimum atomic E-state index is -0.107. The Morgan fingerprint density at radius 1 is 1.44 bits per heavy atom. The van der Waals surface area contributed by atoms with Crippen molar-refractivity contribution in [2.24, 2.45) is 0 Å². The average molecular weight is 255 g/mol. The number of nitrogens with zero attached hydrogens (tertiary/aromatic N) is 1. The average Bonchev–Trinajstić information content (AvgIpc) is 2.74. The van der Waals surface area contributed by atoms with Gasteiger partial charge in [0.25, 0.3) is 0 Å². The maximum Gasteiger partial charge on any atom is 0.107 e. The summed E-state index contributed by atoms with van der Waals surface area (Å²) in [5.74, 6) is 0.886. The molecule has 1 aromatic heterocycles. The Kier molecular flexibility index (Phi) is 3.52. The van der Waals surface area contributed by atoms with Crippen molar-refractivity contribution in [3.05, 3.63) is 52.6 Å². The molecule has 0 radical (unpaired) electrons. The second-order valence-electron chi connectivity index (χ2n) is 3.72. The molecule has 1 aromatic carbocycles. The van der Waals surface area contributed by atoms with Crippen molar-refractivity contribution in [2.45, 2.75) is 18.7 Å². The molecule has 2 rings (SSSR count). The maximum atomic E-state index is 6.30. The number of hydrogen-bond donors (Lipinski definition) is 1. The van der Waals surface area contributed by atoms with Gasteiger partial charge in [-0.3, -0.25) is 0 Å². The summed E-state index contributed by atoms with van der Waals surface area (Å²) in [7, 11) is 0. The molecule has 0 spiro atoms. The highest BCUT2D eigenvalue weighted by Crippen LogP contribution is 2.27. The molecule has 16 heavy (non-hydrogen) atoms. The Morgan fingerprint density at radius 2 is 2.25 bits per heavy atom. The summed E-state index contributed by atoms with van der Waals surface area (Å²) in [4.78, 5) is 7.18. The molecular formula is C12H12Cl2N2. The molecule has 0 aliphatic heterocycles. The highest BCUT2D eigenvalue weighted by atomic mass is 35.5. The zero-order chi connectivity index (χ0) is 11.5.